The molecule has 1 aliphatic carbocycles. The van der Waals surface area contributed by atoms with Crippen molar-refractivity contribution in [3.05, 3.63) is 51.7 Å². The number of hydrogen-bond donors (Lipinski definition) is 1. The molecule has 0 unspecified atom stereocenters. The van der Waals surface area contributed by atoms with Gasteiger partial charge in [-0.3, -0.25) is 4.79 Å². The van der Waals surface area contributed by atoms with Crippen molar-refractivity contribution in [3.63, 3.8) is 0 Å². The first-order valence-corrected chi connectivity index (χ1v) is 9.22. The number of rotatable bonds is 3. The minimum absolute atomic E-state index is 0.0425. The maximum Gasteiger partial charge on any atom is 0.341 e. The molecule has 6 heteroatoms. The van der Waals surface area contributed by atoms with Gasteiger partial charge in [-0.15, -0.1) is 11.3 Å². The van der Waals surface area contributed by atoms with E-state index < -0.39 is 17.7 Å². The molecule has 1 heterocycles. The van der Waals surface area contributed by atoms with Crippen molar-refractivity contribution in [3.8, 4) is 0 Å². The van der Waals surface area contributed by atoms with Gasteiger partial charge in [0.2, 0.25) is 0 Å². The second-order valence-corrected chi connectivity index (χ2v) is 7.15. The van der Waals surface area contributed by atoms with Crippen LogP contribution in [-0.4, -0.2) is 19.0 Å². The van der Waals surface area contributed by atoms with Crippen LogP contribution in [0.25, 0.3) is 0 Å². The molecule has 0 saturated carbocycles. The summed E-state index contributed by atoms with van der Waals surface area (Å²) in [4.78, 5) is 25.9. The Morgan fingerprint density at radius 3 is 2.56 bits per heavy atom. The van der Waals surface area contributed by atoms with E-state index in [1.165, 1.54) is 43.1 Å². The van der Waals surface area contributed by atoms with E-state index in [1.807, 2.05) is 0 Å². The summed E-state index contributed by atoms with van der Waals surface area (Å²) in [6.07, 6.45) is 6.06. The lowest BCUT2D eigenvalue weighted by molar-refractivity contribution is 0.0601. The van der Waals surface area contributed by atoms with E-state index in [-0.39, 0.29) is 5.56 Å². The van der Waals surface area contributed by atoms with Gasteiger partial charge in [0.1, 0.15) is 10.8 Å². The molecule has 0 fully saturated rings. The van der Waals surface area contributed by atoms with Gasteiger partial charge in [-0.05, 0) is 43.4 Å². The predicted octanol–water partition coefficient (Wildman–Crippen LogP) is 4.59. The summed E-state index contributed by atoms with van der Waals surface area (Å²) in [5.74, 6) is -1.60. The fourth-order valence-corrected chi connectivity index (χ4v) is 4.41. The van der Waals surface area contributed by atoms with Gasteiger partial charge in [0.25, 0.3) is 5.91 Å². The van der Waals surface area contributed by atoms with Gasteiger partial charge < -0.3 is 10.1 Å². The Bertz CT molecular complexity index is 800. The lowest BCUT2D eigenvalue weighted by atomic mass is 9.96. The number of carbonyl (C=O) groups is 2. The number of hydrogen-bond acceptors (Lipinski definition) is 4. The number of aryl methyl sites for hydroxylation is 1. The summed E-state index contributed by atoms with van der Waals surface area (Å²) >= 11 is 1.40. The SMILES string of the molecule is COC(=O)c1c(NC(=O)c2ccccc2F)sc2c1CCCCCC2. The number of thiophene rings is 1. The summed E-state index contributed by atoms with van der Waals surface area (Å²) in [7, 11) is 1.33. The van der Waals surface area contributed by atoms with E-state index in [4.69, 9.17) is 4.74 Å². The number of anilines is 1. The molecule has 132 valence electrons. The topological polar surface area (TPSA) is 55.4 Å². The van der Waals surface area contributed by atoms with Crippen LogP contribution in [0.3, 0.4) is 0 Å². The monoisotopic (exact) mass is 361 g/mol. The van der Waals surface area contributed by atoms with Gasteiger partial charge in [-0.1, -0.05) is 25.0 Å². The highest BCUT2D eigenvalue weighted by molar-refractivity contribution is 7.17. The van der Waals surface area contributed by atoms with Crippen LogP contribution in [-0.2, 0) is 17.6 Å². The van der Waals surface area contributed by atoms with Crippen LogP contribution in [0.4, 0.5) is 9.39 Å². The lowest BCUT2D eigenvalue weighted by Crippen LogP contribution is -2.16. The molecule has 4 nitrogen and oxygen atoms in total. The minimum atomic E-state index is -0.588. The number of carbonyl (C=O) groups excluding carboxylic acids is 2. The predicted molar refractivity (Wildman–Crippen MR) is 95.9 cm³/mol. The molecule has 0 aliphatic heterocycles. The average molecular weight is 361 g/mol. The van der Waals surface area contributed by atoms with Gasteiger partial charge in [0, 0.05) is 4.88 Å². The highest BCUT2D eigenvalue weighted by atomic mass is 32.1. The number of ether oxygens (including phenoxy) is 1. The molecule has 0 radical (unpaired) electrons. The van der Waals surface area contributed by atoms with Crippen LogP contribution in [0.1, 0.15) is 56.8 Å². The normalized spacial score (nSPS) is 14.2. The first-order chi connectivity index (χ1) is 12.1. The summed E-state index contributed by atoms with van der Waals surface area (Å²) in [5, 5.41) is 3.17. The third-order valence-corrected chi connectivity index (χ3v) is 5.61. The maximum absolute atomic E-state index is 13.9. The van der Waals surface area contributed by atoms with Gasteiger partial charge >= 0.3 is 5.97 Å². The molecule has 1 aromatic heterocycles. The van der Waals surface area contributed by atoms with Crippen molar-refractivity contribution in [2.45, 2.75) is 38.5 Å². The Hall–Kier alpha value is -2.21. The number of halogens is 1. The molecule has 1 amide bonds. The maximum atomic E-state index is 13.9. The number of fused-ring (bicyclic) bond motifs is 1. The van der Waals surface area contributed by atoms with Gasteiger partial charge in [0.05, 0.1) is 18.2 Å². The van der Waals surface area contributed by atoms with Gasteiger partial charge in [0.15, 0.2) is 0 Å². The van der Waals surface area contributed by atoms with Crippen molar-refractivity contribution in [1.29, 1.82) is 0 Å². The van der Waals surface area contributed by atoms with E-state index in [9.17, 15) is 14.0 Å². The van der Waals surface area contributed by atoms with E-state index in [0.717, 1.165) is 42.5 Å². The number of amides is 1. The Kier molecular flexibility index (Phi) is 5.48. The molecule has 0 spiro atoms. The third-order valence-electron chi connectivity index (χ3n) is 4.41. The standard InChI is InChI=1S/C19H20FNO3S/c1-24-19(23)16-13-9-4-2-3-5-11-15(13)25-18(16)21-17(22)12-8-6-7-10-14(12)20/h6-8,10H,2-5,9,11H2,1H3,(H,21,22). The van der Waals surface area contributed by atoms with Crippen molar-refractivity contribution in [1.82, 2.24) is 0 Å². The van der Waals surface area contributed by atoms with Crippen molar-refractivity contribution in [2.75, 3.05) is 12.4 Å². The summed E-state index contributed by atoms with van der Waals surface area (Å²) in [6, 6.07) is 5.80. The second-order valence-electron chi connectivity index (χ2n) is 6.05. The average Bonchev–Trinajstić information content (AvgIpc) is 2.91. The molecular formula is C19H20FNO3S. The Labute approximate surface area is 150 Å². The molecule has 0 saturated heterocycles. The van der Waals surface area contributed by atoms with Crippen LogP contribution < -0.4 is 5.32 Å². The first kappa shape index (κ1) is 17.6. The van der Waals surface area contributed by atoms with Crippen molar-refractivity contribution >= 4 is 28.2 Å². The smallest absolute Gasteiger partial charge is 0.341 e. The summed E-state index contributed by atoms with van der Waals surface area (Å²) in [6.45, 7) is 0. The zero-order valence-electron chi connectivity index (χ0n) is 14.1. The highest BCUT2D eigenvalue weighted by Crippen LogP contribution is 2.37. The van der Waals surface area contributed by atoms with E-state index in [2.05, 4.69) is 5.32 Å². The van der Waals surface area contributed by atoms with E-state index >= 15 is 0 Å². The van der Waals surface area contributed by atoms with Crippen LogP contribution in [0.5, 0.6) is 0 Å². The van der Waals surface area contributed by atoms with E-state index in [0.29, 0.717) is 10.6 Å². The number of benzene rings is 1. The zero-order chi connectivity index (χ0) is 17.8. The van der Waals surface area contributed by atoms with Crippen LogP contribution in [0.2, 0.25) is 0 Å². The molecule has 1 aliphatic rings. The molecule has 25 heavy (non-hydrogen) atoms. The molecule has 1 N–H and O–H groups in total. The largest absolute Gasteiger partial charge is 0.465 e. The number of esters is 1. The molecule has 1 aromatic carbocycles. The minimum Gasteiger partial charge on any atom is -0.465 e. The fraction of sp³-hybridized carbons (Fsp3) is 0.368. The quantitative estimate of drug-likeness (QED) is 0.814. The molecule has 0 bridgehead atoms. The fourth-order valence-electron chi connectivity index (χ4n) is 3.14. The second kappa shape index (κ2) is 7.78. The van der Waals surface area contributed by atoms with Gasteiger partial charge in [-0.2, -0.15) is 0 Å². The third kappa shape index (κ3) is 3.74. The molecule has 3 rings (SSSR count). The Morgan fingerprint density at radius 2 is 1.84 bits per heavy atom. The Balaban J connectivity index is 1.97. The summed E-state index contributed by atoms with van der Waals surface area (Å²) < 4.78 is 18.8. The molecule has 2 aromatic rings. The molecule has 0 atom stereocenters. The highest BCUT2D eigenvalue weighted by Gasteiger charge is 2.26. The van der Waals surface area contributed by atoms with Crippen LogP contribution >= 0.6 is 11.3 Å². The molecular weight excluding hydrogens is 341 g/mol. The number of nitrogens with one attached hydrogen (secondary N) is 1. The van der Waals surface area contributed by atoms with Crippen molar-refractivity contribution < 1.29 is 18.7 Å². The van der Waals surface area contributed by atoms with Crippen LogP contribution in [0, 0.1) is 5.82 Å². The first-order valence-electron chi connectivity index (χ1n) is 8.40. The van der Waals surface area contributed by atoms with Crippen molar-refractivity contribution in [2.24, 2.45) is 0 Å². The zero-order valence-corrected chi connectivity index (χ0v) is 14.9. The lowest BCUT2D eigenvalue weighted by Gasteiger charge is -2.11. The number of methoxy groups -OCH3 is 1. The van der Waals surface area contributed by atoms with Gasteiger partial charge in [-0.25, -0.2) is 9.18 Å². The Morgan fingerprint density at radius 1 is 1.12 bits per heavy atom. The summed E-state index contributed by atoms with van der Waals surface area (Å²) in [5.41, 5.74) is 1.36. The van der Waals surface area contributed by atoms with Crippen LogP contribution in [0.15, 0.2) is 24.3 Å². The van der Waals surface area contributed by atoms with E-state index in [1.54, 1.807) is 6.07 Å².